The van der Waals surface area contributed by atoms with Gasteiger partial charge in [-0.2, -0.15) is 0 Å². The number of hydrogen-bond donors (Lipinski definition) is 1. The third-order valence-electron chi connectivity index (χ3n) is 2.50. The van der Waals surface area contributed by atoms with E-state index in [0.29, 0.717) is 10.4 Å². The van der Waals surface area contributed by atoms with Crippen LogP contribution in [-0.2, 0) is 0 Å². The molecule has 0 saturated heterocycles. The van der Waals surface area contributed by atoms with Gasteiger partial charge in [0.1, 0.15) is 0 Å². The molecule has 2 aromatic rings. The van der Waals surface area contributed by atoms with E-state index in [2.05, 4.69) is 10.3 Å². The first kappa shape index (κ1) is 8.78. The van der Waals surface area contributed by atoms with Crippen LogP contribution >= 0.6 is 0 Å². The number of benzene rings is 1. The highest BCUT2D eigenvalue weighted by Crippen LogP contribution is 2.24. The molecule has 1 heterocycles. The van der Waals surface area contributed by atoms with Gasteiger partial charge in [0.2, 0.25) is 11.6 Å². The molecule has 1 aliphatic carbocycles. The van der Waals surface area contributed by atoms with E-state index < -0.39 is 11.6 Å². The molecular formula is C10H5N3O3. The molecule has 0 aliphatic heterocycles. The Bertz CT molecular complexity index is 630. The summed E-state index contributed by atoms with van der Waals surface area (Å²) in [6.45, 7) is 0. The fourth-order valence-electron chi connectivity index (χ4n) is 1.76. The number of fused-ring (bicyclic) bond motifs is 2. The molecule has 0 spiro atoms. The highest BCUT2D eigenvalue weighted by Gasteiger charge is 2.35. The monoisotopic (exact) mass is 215 g/mol. The molecule has 1 N–H and O–H groups in total. The molecule has 6 heteroatoms. The summed E-state index contributed by atoms with van der Waals surface area (Å²) in [6.07, 6.45) is 0. The first-order chi connectivity index (χ1) is 7.70. The summed E-state index contributed by atoms with van der Waals surface area (Å²) in [7, 11) is 0. The average molecular weight is 215 g/mol. The SMILES string of the molecule is O=C1c2ccccc2C(=O)c2c1nnn2O. The van der Waals surface area contributed by atoms with Crippen molar-refractivity contribution in [1.29, 1.82) is 0 Å². The van der Waals surface area contributed by atoms with Crippen LogP contribution in [0.2, 0.25) is 0 Å². The lowest BCUT2D eigenvalue weighted by Crippen LogP contribution is -2.22. The number of hydrogen-bond acceptors (Lipinski definition) is 5. The molecule has 0 atom stereocenters. The summed E-state index contributed by atoms with van der Waals surface area (Å²) >= 11 is 0. The Labute approximate surface area is 89.1 Å². The maximum Gasteiger partial charge on any atom is 0.217 e. The molecule has 0 radical (unpaired) electrons. The minimum atomic E-state index is -0.447. The van der Waals surface area contributed by atoms with Gasteiger partial charge in [-0.3, -0.25) is 9.59 Å². The van der Waals surface area contributed by atoms with Crippen molar-refractivity contribution in [2.45, 2.75) is 0 Å². The Balaban J connectivity index is 2.36. The molecule has 1 aliphatic rings. The molecule has 0 saturated carbocycles. The van der Waals surface area contributed by atoms with Gasteiger partial charge in [0.05, 0.1) is 0 Å². The van der Waals surface area contributed by atoms with Crippen molar-refractivity contribution in [2.75, 3.05) is 0 Å². The second-order valence-corrected chi connectivity index (χ2v) is 3.38. The quantitative estimate of drug-likeness (QED) is 0.545. The van der Waals surface area contributed by atoms with Gasteiger partial charge in [-0.1, -0.05) is 29.1 Å². The fraction of sp³-hybridized carbons (Fsp3) is 0. The standard InChI is InChI=1S/C10H5N3O3/c14-9-5-3-1-2-4-6(5)10(15)8-7(9)11-12-13(8)16/h1-4,16H. The highest BCUT2D eigenvalue weighted by molar-refractivity contribution is 6.26. The van der Waals surface area contributed by atoms with Gasteiger partial charge in [-0.25, -0.2) is 0 Å². The van der Waals surface area contributed by atoms with E-state index in [4.69, 9.17) is 0 Å². The molecule has 0 amide bonds. The highest BCUT2D eigenvalue weighted by atomic mass is 16.5. The van der Waals surface area contributed by atoms with Gasteiger partial charge in [-0.05, 0) is 5.21 Å². The molecule has 1 aromatic heterocycles. The number of ketones is 2. The Morgan fingerprint density at radius 3 is 2.38 bits per heavy atom. The maximum atomic E-state index is 11.9. The number of carbonyl (C=O) groups excluding carboxylic acids is 2. The van der Waals surface area contributed by atoms with E-state index in [1.807, 2.05) is 0 Å². The van der Waals surface area contributed by atoms with Crippen molar-refractivity contribution in [3.63, 3.8) is 0 Å². The number of rotatable bonds is 0. The summed E-state index contributed by atoms with van der Waals surface area (Å²) < 4.78 is 0. The first-order valence-electron chi connectivity index (χ1n) is 4.53. The van der Waals surface area contributed by atoms with Crippen LogP contribution in [0.1, 0.15) is 32.1 Å². The second kappa shape index (κ2) is 2.75. The summed E-state index contributed by atoms with van der Waals surface area (Å²) in [5.74, 6) is -0.844. The van der Waals surface area contributed by atoms with Crippen molar-refractivity contribution < 1.29 is 14.8 Å². The van der Waals surface area contributed by atoms with Gasteiger partial charge >= 0.3 is 0 Å². The van der Waals surface area contributed by atoms with Gasteiger partial charge in [0.15, 0.2) is 11.4 Å². The van der Waals surface area contributed by atoms with Gasteiger partial charge < -0.3 is 5.21 Å². The normalized spacial score (nSPS) is 13.5. The fourth-order valence-corrected chi connectivity index (χ4v) is 1.76. The van der Waals surface area contributed by atoms with Crippen LogP contribution in [0.5, 0.6) is 0 Å². The Morgan fingerprint density at radius 1 is 1.06 bits per heavy atom. The van der Waals surface area contributed by atoms with E-state index in [1.54, 1.807) is 18.2 Å². The first-order valence-corrected chi connectivity index (χ1v) is 4.53. The average Bonchev–Trinajstić information content (AvgIpc) is 2.69. The molecule has 6 nitrogen and oxygen atoms in total. The zero-order valence-electron chi connectivity index (χ0n) is 7.91. The minimum absolute atomic E-state index is 0.105. The smallest absolute Gasteiger partial charge is 0.217 e. The lowest BCUT2D eigenvalue weighted by molar-refractivity contribution is 0.0911. The summed E-state index contributed by atoms with van der Waals surface area (Å²) in [4.78, 5) is 24.1. The van der Waals surface area contributed by atoms with Crippen LogP contribution in [0.3, 0.4) is 0 Å². The lowest BCUT2D eigenvalue weighted by Gasteiger charge is -2.11. The molecular weight excluding hydrogens is 210 g/mol. The van der Waals surface area contributed by atoms with E-state index in [-0.39, 0.29) is 17.0 Å². The van der Waals surface area contributed by atoms with Crippen molar-refractivity contribution in [1.82, 2.24) is 15.2 Å². The van der Waals surface area contributed by atoms with E-state index in [9.17, 15) is 14.8 Å². The van der Waals surface area contributed by atoms with E-state index in [1.165, 1.54) is 6.07 Å². The molecule has 0 fully saturated rings. The molecule has 0 bridgehead atoms. The molecule has 0 unspecified atom stereocenters. The summed E-state index contributed by atoms with van der Waals surface area (Å²) in [5.41, 5.74) is 0.271. The Morgan fingerprint density at radius 2 is 1.69 bits per heavy atom. The van der Waals surface area contributed by atoms with Crippen LogP contribution in [0.15, 0.2) is 24.3 Å². The predicted molar refractivity (Wildman–Crippen MR) is 50.5 cm³/mol. The number of nitrogens with zero attached hydrogens (tertiary/aromatic N) is 3. The predicted octanol–water partition coefficient (Wildman–Crippen LogP) is 0.291. The van der Waals surface area contributed by atoms with Crippen molar-refractivity contribution in [3.8, 4) is 0 Å². The molecule has 78 valence electrons. The van der Waals surface area contributed by atoms with Crippen LogP contribution in [0, 0.1) is 0 Å². The van der Waals surface area contributed by atoms with Crippen LogP contribution in [0.25, 0.3) is 0 Å². The van der Waals surface area contributed by atoms with E-state index >= 15 is 0 Å². The number of carbonyl (C=O) groups is 2. The molecule has 3 rings (SSSR count). The zero-order chi connectivity index (χ0) is 11.3. The van der Waals surface area contributed by atoms with Gasteiger partial charge in [0.25, 0.3) is 0 Å². The number of aromatic nitrogens is 3. The summed E-state index contributed by atoms with van der Waals surface area (Å²) in [5, 5.41) is 16.0. The van der Waals surface area contributed by atoms with Crippen LogP contribution in [0.4, 0.5) is 0 Å². The van der Waals surface area contributed by atoms with E-state index in [0.717, 1.165) is 0 Å². The molecule has 16 heavy (non-hydrogen) atoms. The van der Waals surface area contributed by atoms with Gasteiger partial charge in [0, 0.05) is 11.1 Å². The van der Waals surface area contributed by atoms with Crippen molar-refractivity contribution >= 4 is 11.6 Å². The Hall–Kier alpha value is -2.50. The maximum absolute atomic E-state index is 11.9. The lowest BCUT2D eigenvalue weighted by atomic mass is 9.90. The van der Waals surface area contributed by atoms with Crippen LogP contribution in [-0.4, -0.2) is 31.9 Å². The topological polar surface area (TPSA) is 85.1 Å². The molecule has 1 aromatic carbocycles. The third-order valence-corrected chi connectivity index (χ3v) is 2.50. The summed E-state index contributed by atoms with van der Waals surface area (Å²) in [6, 6.07) is 6.40. The van der Waals surface area contributed by atoms with Gasteiger partial charge in [-0.15, -0.1) is 5.10 Å². The van der Waals surface area contributed by atoms with Crippen LogP contribution < -0.4 is 0 Å². The Kier molecular flexibility index (Phi) is 1.51. The van der Waals surface area contributed by atoms with Crippen molar-refractivity contribution in [3.05, 3.63) is 46.8 Å². The largest absolute Gasteiger partial charge is 0.410 e. The zero-order valence-corrected chi connectivity index (χ0v) is 7.91. The second-order valence-electron chi connectivity index (χ2n) is 3.38. The third kappa shape index (κ3) is 0.902. The van der Waals surface area contributed by atoms with Crippen molar-refractivity contribution in [2.24, 2.45) is 0 Å². The minimum Gasteiger partial charge on any atom is -0.410 e.